The van der Waals surface area contributed by atoms with Gasteiger partial charge in [0.05, 0.1) is 41.4 Å². The molecule has 0 spiro atoms. The van der Waals surface area contributed by atoms with Crippen LogP contribution in [-0.2, 0) is 38.7 Å². The first-order chi connectivity index (χ1) is 22.4. The fourth-order valence-electron chi connectivity index (χ4n) is 6.26. The van der Waals surface area contributed by atoms with Crippen molar-refractivity contribution in [2.75, 3.05) is 16.3 Å². The van der Waals surface area contributed by atoms with Crippen molar-refractivity contribution in [3.63, 3.8) is 0 Å². The van der Waals surface area contributed by atoms with Crippen molar-refractivity contribution in [3.05, 3.63) is 98.6 Å². The van der Waals surface area contributed by atoms with Gasteiger partial charge in [0.2, 0.25) is 0 Å². The molecule has 0 aliphatic carbocycles. The minimum atomic E-state index is -5.09. The SMILES string of the molecule is Cc1cc2c(c(C)c1C(F)(F)F)N(Cc1ccc(C#N)cc1)CCCC2N(Cc1cc(C(F)(F)F)cc(C(F)(F)F)c1)c1nnn(C)n1. The molecular formula is C32H28F9N7. The third kappa shape index (κ3) is 7.19. The molecule has 1 aliphatic rings. The highest BCUT2D eigenvalue weighted by Crippen LogP contribution is 2.47. The van der Waals surface area contributed by atoms with Crippen LogP contribution in [0.4, 0.5) is 51.1 Å². The molecule has 0 saturated heterocycles. The molecule has 2 heterocycles. The number of nitriles is 1. The molecule has 0 saturated carbocycles. The first kappa shape index (κ1) is 34.5. The van der Waals surface area contributed by atoms with Crippen molar-refractivity contribution in [1.82, 2.24) is 20.2 Å². The molecule has 3 aromatic carbocycles. The zero-order chi connectivity index (χ0) is 35.2. The second-order valence-electron chi connectivity index (χ2n) is 11.6. The molecule has 0 amide bonds. The molecular weight excluding hydrogens is 653 g/mol. The maximum Gasteiger partial charge on any atom is 0.416 e. The highest BCUT2D eigenvalue weighted by Gasteiger charge is 2.41. The van der Waals surface area contributed by atoms with Crippen LogP contribution in [-0.4, -0.2) is 26.8 Å². The number of halogens is 9. The van der Waals surface area contributed by atoms with E-state index in [9.17, 15) is 44.8 Å². The summed E-state index contributed by atoms with van der Waals surface area (Å²) in [7, 11) is 1.42. The van der Waals surface area contributed by atoms with E-state index in [4.69, 9.17) is 0 Å². The predicted octanol–water partition coefficient (Wildman–Crippen LogP) is 8.30. The smallest absolute Gasteiger partial charge is 0.367 e. The van der Waals surface area contributed by atoms with Crippen molar-refractivity contribution < 1.29 is 39.5 Å². The number of aryl methyl sites for hydroxylation is 2. The van der Waals surface area contributed by atoms with Gasteiger partial charge in [0.15, 0.2) is 0 Å². The van der Waals surface area contributed by atoms with Crippen LogP contribution < -0.4 is 9.80 Å². The number of nitrogens with zero attached hydrogens (tertiary/aromatic N) is 7. The molecule has 48 heavy (non-hydrogen) atoms. The third-order valence-corrected chi connectivity index (χ3v) is 8.22. The third-order valence-electron chi connectivity index (χ3n) is 8.22. The highest BCUT2D eigenvalue weighted by atomic mass is 19.4. The molecule has 0 radical (unpaired) electrons. The number of benzene rings is 3. The van der Waals surface area contributed by atoms with Crippen LogP contribution in [0.1, 0.15) is 69.0 Å². The Hall–Kier alpha value is -4.81. The standard InChI is InChI=1S/C32H28F9N7/c1-18-11-25-26(5-4-10-47(16-21-8-6-20(15-42)7-9-21)28(25)19(2)27(18)32(39,40)41)48(29-43-45-46(3)44-29)17-22-12-23(30(33,34)35)14-24(13-22)31(36,37)38/h6-9,11-14,26H,4-5,10,16-17H2,1-3H3. The van der Waals surface area contributed by atoms with E-state index in [1.54, 1.807) is 29.2 Å². The summed E-state index contributed by atoms with van der Waals surface area (Å²) >= 11 is 0. The average molecular weight is 682 g/mol. The normalized spacial score (nSPS) is 15.6. The molecule has 1 aliphatic heterocycles. The van der Waals surface area contributed by atoms with Crippen LogP contribution in [0.15, 0.2) is 48.5 Å². The maximum absolute atomic E-state index is 14.4. The second-order valence-corrected chi connectivity index (χ2v) is 11.6. The Balaban J connectivity index is 1.69. The van der Waals surface area contributed by atoms with Crippen molar-refractivity contribution in [1.29, 1.82) is 5.26 Å². The van der Waals surface area contributed by atoms with E-state index < -0.39 is 47.8 Å². The number of aromatic nitrogens is 4. The summed E-state index contributed by atoms with van der Waals surface area (Å²) in [6, 6.07) is 10.3. The first-order valence-corrected chi connectivity index (χ1v) is 14.6. The van der Waals surface area contributed by atoms with Gasteiger partial charge in [-0.25, -0.2) is 0 Å². The van der Waals surface area contributed by atoms with Gasteiger partial charge in [0.1, 0.15) is 0 Å². The van der Waals surface area contributed by atoms with Gasteiger partial charge in [-0.05, 0) is 90.1 Å². The van der Waals surface area contributed by atoms with E-state index in [1.165, 1.54) is 31.9 Å². The van der Waals surface area contributed by atoms with Crippen molar-refractivity contribution in [2.24, 2.45) is 7.05 Å². The number of tetrazole rings is 1. The Morgan fingerprint density at radius 1 is 0.875 bits per heavy atom. The first-order valence-electron chi connectivity index (χ1n) is 14.6. The van der Waals surface area contributed by atoms with Crippen LogP contribution in [0, 0.1) is 25.2 Å². The molecule has 5 rings (SSSR count). The predicted molar refractivity (Wildman–Crippen MR) is 157 cm³/mol. The van der Waals surface area contributed by atoms with Crippen molar-refractivity contribution in [2.45, 2.75) is 64.3 Å². The summed E-state index contributed by atoms with van der Waals surface area (Å²) in [5, 5.41) is 21.2. The number of fused-ring (bicyclic) bond motifs is 1. The van der Waals surface area contributed by atoms with Gasteiger partial charge in [0, 0.05) is 25.3 Å². The average Bonchev–Trinajstić information content (AvgIpc) is 3.34. The van der Waals surface area contributed by atoms with Crippen LogP contribution in [0.3, 0.4) is 0 Å². The highest BCUT2D eigenvalue weighted by molar-refractivity contribution is 5.67. The zero-order valence-electron chi connectivity index (χ0n) is 25.8. The van der Waals surface area contributed by atoms with Crippen LogP contribution in [0.2, 0.25) is 0 Å². The number of alkyl halides is 9. The van der Waals surface area contributed by atoms with E-state index in [0.29, 0.717) is 35.2 Å². The molecule has 0 bridgehead atoms. The summed E-state index contributed by atoms with van der Waals surface area (Å²) in [4.78, 5) is 4.22. The molecule has 7 nitrogen and oxygen atoms in total. The van der Waals surface area contributed by atoms with Gasteiger partial charge in [-0.3, -0.25) is 0 Å². The maximum atomic E-state index is 14.4. The van der Waals surface area contributed by atoms with Gasteiger partial charge in [-0.15, -0.1) is 5.10 Å². The molecule has 254 valence electrons. The number of rotatable bonds is 6. The van der Waals surface area contributed by atoms with Gasteiger partial charge in [0.25, 0.3) is 5.95 Å². The fraction of sp³-hybridized carbons (Fsp3) is 0.375. The zero-order valence-corrected chi connectivity index (χ0v) is 25.8. The molecule has 0 N–H and O–H groups in total. The summed E-state index contributed by atoms with van der Waals surface area (Å²) in [6.45, 7) is 2.54. The van der Waals surface area contributed by atoms with E-state index in [1.807, 2.05) is 6.07 Å². The Bertz CT molecular complexity index is 1800. The summed E-state index contributed by atoms with van der Waals surface area (Å²) < 4.78 is 126. The van der Waals surface area contributed by atoms with Crippen LogP contribution >= 0.6 is 0 Å². The monoisotopic (exact) mass is 681 g/mol. The van der Waals surface area contributed by atoms with Crippen molar-refractivity contribution in [3.8, 4) is 6.07 Å². The minimum absolute atomic E-state index is 0.0295. The number of hydrogen-bond acceptors (Lipinski definition) is 6. The largest absolute Gasteiger partial charge is 0.416 e. The van der Waals surface area contributed by atoms with E-state index >= 15 is 0 Å². The molecule has 16 heteroatoms. The van der Waals surface area contributed by atoms with Gasteiger partial charge in [-0.1, -0.05) is 23.3 Å². The topological polar surface area (TPSA) is 73.9 Å². The lowest BCUT2D eigenvalue weighted by atomic mass is 9.90. The number of anilines is 2. The Labute approximate surface area is 269 Å². The summed E-state index contributed by atoms with van der Waals surface area (Å²) in [5.41, 5.74) is -2.67. The van der Waals surface area contributed by atoms with E-state index in [2.05, 4.69) is 15.4 Å². The van der Waals surface area contributed by atoms with Gasteiger partial charge in [-0.2, -0.15) is 49.6 Å². The Kier molecular flexibility index (Phi) is 9.11. The lowest BCUT2D eigenvalue weighted by Crippen LogP contribution is -2.31. The summed E-state index contributed by atoms with van der Waals surface area (Å²) in [6.07, 6.45) is -14.3. The van der Waals surface area contributed by atoms with Crippen molar-refractivity contribution >= 4 is 11.6 Å². The minimum Gasteiger partial charge on any atom is -0.367 e. The van der Waals surface area contributed by atoms with E-state index in [-0.39, 0.29) is 53.9 Å². The van der Waals surface area contributed by atoms with E-state index in [0.717, 1.165) is 4.80 Å². The number of hydrogen-bond donors (Lipinski definition) is 0. The lowest BCUT2D eigenvalue weighted by molar-refractivity contribution is -0.143. The molecule has 1 aromatic heterocycles. The fourth-order valence-corrected chi connectivity index (χ4v) is 6.26. The van der Waals surface area contributed by atoms with Gasteiger partial charge >= 0.3 is 18.5 Å². The molecule has 1 atom stereocenters. The van der Waals surface area contributed by atoms with Gasteiger partial charge < -0.3 is 9.80 Å². The molecule has 4 aromatic rings. The molecule has 0 fully saturated rings. The Morgan fingerprint density at radius 3 is 2.02 bits per heavy atom. The summed E-state index contributed by atoms with van der Waals surface area (Å²) in [5.74, 6) is -0.129. The van der Waals surface area contributed by atoms with Crippen LogP contribution in [0.5, 0.6) is 0 Å². The van der Waals surface area contributed by atoms with Crippen LogP contribution in [0.25, 0.3) is 0 Å². The lowest BCUT2D eigenvalue weighted by Gasteiger charge is -2.34. The Morgan fingerprint density at radius 2 is 1.50 bits per heavy atom. The molecule has 1 unspecified atom stereocenters. The quantitative estimate of drug-likeness (QED) is 0.191. The second kappa shape index (κ2) is 12.7.